The van der Waals surface area contributed by atoms with Crippen LogP contribution in [0.3, 0.4) is 0 Å². The molecule has 2 heterocycles. The van der Waals surface area contributed by atoms with Crippen LogP contribution >= 0.6 is 0 Å². The summed E-state index contributed by atoms with van der Waals surface area (Å²) >= 11 is 0. The molecule has 5 heteroatoms. The molecule has 94 valence electrons. The van der Waals surface area contributed by atoms with E-state index in [1.54, 1.807) is 30.7 Å². The summed E-state index contributed by atoms with van der Waals surface area (Å²) in [6, 6.07) is 2.93. The van der Waals surface area contributed by atoms with Crippen molar-refractivity contribution in [1.82, 2.24) is 9.97 Å². The Kier molecular flexibility index (Phi) is 3.41. The minimum Gasteiger partial charge on any atom is -0.480 e. The Morgan fingerprint density at radius 1 is 1.33 bits per heavy atom. The number of aliphatic carboxylic acids is 1. The molecule has 0 radical (unpaired) electrons. The van der Waals surface area contributed by atoms with Gasteiger partial charge in [-0.1, -0.05) is 13.8 Å². The van der Waals surface area contributed by atoms with Crippen LogP contribution in [0.4, 0.5) is 5.69 Å². The van der Waals surface area contributed by atoms with Gasteiger partial charge in [0.2, 0.25) is 0 Å². The van der Waals surface area contributed by atoms with Crippen molar-refractivity contribution in [3.8, 4) is 0 Å². The Morgan fingerprint density at radius 2 is 2.11 bits per heavy atom. The van der Waals surface area contributed by atoms with Crippen molar-refractivity contribution in [2.75, 3.05) is 5.32 Å². The Hall–Kier alpha value is -2.17. The normalized spacial score (nSPS) is 12.6. The van der Waals surface area contributed by atoms with Gasteiger partial charge in [-0.25, -0.2) is 4.79 Å². The summed E-state index contributed by atoms with van der Waals surface area (Å²) in [5.74, 6) is -0.874. The predicted molar refractivity (Wildman–Crippen MR) is 69.4 cm³/mol. The Bertz CT molecular complexity index is 564. The van der Waals surface area contributed by atoms with Crippen LogP contribution in [0, 0.1) is 5.92 Å². The molecule has 0 spiro atoms. The van der Waals surface area contributed by atoms with Crippen molar-refractivity contribution in [3.63, 3.8) is 0 Å². The first-order valence-corrected chi connectivity index (χ1v) is 5.77. The van der Waals surface area contributed by atoms with E-state index in [1.807, 2.05) is 13.8 Å². The van der Waals surface area contributed by atoms with Crippen LogP contribution in [0.2, 0.25) is 0 Å². The molecule has 2 rings (SSSR count). The molecular formula is C13H15N3O2. The van der Waals surface area contributed by atoms with Gasteiger partial charge < -0.3 is 10.4 Å². The number of carbonyl (C=O) groups is 1. The summed E-state index contributed by atoms with van der Waals surface area (Å²) in [6.45, 7) is 3.74. The third kappa shape index (κ3) is 2.40. The second-order valence-electron chi connectivity index (χ2n) is 4.46. The maximum Gasteiger partial charge on any atom is 0.326 e. The van der Waals surface area contributed by atoms with Gasteiger partial charge in [0, 0.05) is 29.7 Å². The maximum absolute atomic E-state index is 11.2. The lowest BCUT2D eigenvalue weighted by Gasteiger charge is -2.19. The Labute approximate surface area is 105 Å². The molecule has 18 heavy (non-hydrogen) atoms. The summed E-state index contributed by atoms with van der Waals surface area (Å²) in [6.07, 6.45) is 5.00. The minimum atomic E-state index is -0.862. The largest absolute Gasteiger partial charge is 0.480 e. The van der Waals surface area contributed by atoms with Crippen LogP contribution in [0.5, 0.6) is 0 Å². The lowest BCUT2D eigenvalue weighted by molar-refractivity contribution is -0.138. The maximum atomic E-state index is 11.2. The van der Waals surface area contributed by atoms with Crippen molar-refractivity contribution in [2.45, 2.75) is 19.9 Å². The summed E-state index contributed by atoms with van der Waals surface area (Å²) in [5, 5.41) is 13.1. The van der Waals surface area contributed by atoms with Crippen LogP contribution in [-0.2, 0) is 4.79 Å². The van der Waals surface area contributed by atoms with Gasteiger partial charge in [-0.2, -0.15) is 0 Å². The first kappa shape index (κ1) is 12.3. The van der Waals surface area contributed by atoms with E-state index < -0.39 is 12.0 Å². The smallest absolute Gasteiger partial charge is 0.326 e. The van der Waals surface area contributed by atoms with E-state index in [2.05, 4.69) is 15.3 Å². The number of aromatic nitrogens is 2. The molecular weight excluding hydrogens is 230 g/mol. The van der Waals surface area contributed by atoms with Crippen LogP contribution in [0.15, 0.2) is 30.7 Å². The number of hydrogen-bond acceptors (Lipinski definition) is 4. The molecule has 0 amide bonds. The first-order chi connectivity index (χ1) is 8.59. The van der Waals surface area contributed by atoms with E-state index >= 15 is 0 Å². The highest BCUT2D eigenvalue weighted by atomic mass is 16.4. The fourth-order valence-electron chi connectivity index (χ4n) is 1.80. The molecule has 0 saturated heterocycles. The van der Waals surface area contributed by atoms with E-state index in [0.717, 1.165) is 16.6 Å². The van der Waals surface area contributed by atoms with Crippen LogP contribution in [-0.4, -0.2) is 27.1 Å². The molecule has 0 aliphatic rings. The van der Waals surface area contributed by atoms with E-state index in [1.165, 1.54) is 0 Å². The van der Waals surface area contributed by atoms with Gasteiger partial charge in [-0.15, -0.1) is 0 Å². The van der Waals surface area contributed by atoms with Gasteiger partial charge in [-0.3, -0.25) is 9.97 Å². The van der Waals surface area contributed by atoms with E-state index in [-0.39, 0.29) is 5.92 Å². The topological polar surface area (TPSA) is 75.1 Å². The third-order valence-electron chi connectivity index (χ3n) is 2.79. The van der Waals surface area contributed by atoms with Crippen molar-refractivity contribution in [1.29, 1.82) is 0 Å². The molecule has 5 nitrogen and oxygen atoms in total. The highest BCUT2D eigenvalue weighted by molar-refractivity contribution is 5.92. The fourth-order valence-corrected chi connectivity index (χ4v) is 1.80. The number of fused-ring (bicyclic) bond motifs is 1. The standard InChI is InChI=1S/C13H15N3O2/c1-8(2)12(13(17)18)16-11-4-6-15-10-3-5-14-7-9(10)11/h3-8,12H,1-2H3,(H,15,16)(H,17,18)/t12-/m1/s1. The SMILES string of the molecule is CC(C)[C@@H](Nc1ccnc2ccncc12)C(=O)O. The fraction of sp³-hybridized carbons (Fsp3) is 0.308. The first-order valence-electron chi connectivity index (χ1n) is 5.77. The lowest BCUT2D eigenvalue weighted by atomic mass is 10.0. The molecule has 0 aromatic carbocycles. The van der Waals surface area contributed by atoms with Crippen LogP contribution < -0.4 is 5.32 Å². The zero-order valence-corrected chi connectivity index (χ0v) is 10.3. The van der Waals surface area contributed by atoms with E-state index in [9.17, 15) is 9.90 Å². The van der Waals surface area contributed by atoms with Gasteiger partial charge in [0.1, 0.15) is 6.04 Å². The number of carboxylic acids is 1. The molecule has 0 unspecified atom stereocenters. The zero-order valence-electron chi connectivity index (χ0n) is 10.3. The molecule has 0 aliphatic heterocycles. The number of rotatable bonds is 4. The Morgan fingerprint density at radius 3 is 2.78 bits per heavy atom. The summed E-state index contributed by atoms with van der Waals surface area (Å²) in [7, 11) is 0. The Balaban J connectivity index is 2.39. The van der Waals surface area contributed by atoms with E-state index in [4.69, 9.17) is 0 Å². The number of carboxylic acid groups (broad SMARTS) is 1. The number of nitrogens with one attached hydrogen (secondary N) is 1. The lowest BCUT2D eigenvalue weighted by Crippen LogP contribution is -2.34. The average molecular weight is 245 g/mol. The molecule has 2 N–H and O–H groups in total. The second-order valence-corrected chi connectivity index (χ2v) is 4.46. The highest BCUT2D eigenvalue weighted by Gasteiger charge is 2.21. The molecule has 0 saturated carbocycles. The minimum absolute atomic E-state index is 0.0117. The molecule has 1 atom stereocenters. The highest BCUT2D eigenvalue weighted by Crippen LogP contribution is 2.22. The van der Waals surface area contributed by atoms with Gasteiger partial charge in [-0.05, 0) is 18.1 Å². The number of anilines is 1. The third-order valence-corrected chi connectivity index (χ3v) is 2.79. The summed E-state index contributed by atoms with van der Waals surface area (Å²) in [4.78, 5) is 19.4. The van der Waals surface area contributed by atoms with Crippen LogP contribution in [0.25, 0.3) is 10.9 Å². The van der Waals surface area contributed by atoms with Gasteiger partial charge in [0.15, 0.2) is 0 Å². The molecule has 0 aliphatic carbocycles. The number of pyridine rings is 2. The summed E-state index contributed by atoms with van der Waals surface area (Å²) < 4.78 is 0. The average Bonchev–Trinajstić information content (AvgIpc) is 2.35. The van der Waals surface area contributed by atoms with Crippen molar-refractivity contribution >= 4 is 22.6 Å². The predicted octanol–water partition coefficient (Wildman–Crippen LogP) is 2.15. The second kappa shape index (κ2) is 5.00. The molecule has 0 bridgehead atoms. The summed E-state index contributed by atoms with van der Waals surface area (Å²) in [5.41, 5.74) is 1.54. The van der Waals surface area contributed by atoms with Crippen molar-refractivity contribution < 1.29 is 9.90 Å². The molecule has 2 aromatic heterocycles. The van der Waals surface area contributed by atoms with Crippen LogP contribution in [0.1, 0.15) is 13.8 Å². The monoisotopic (exact) mass is 245 g/mol. The van der Waals surface area contributed by atoms with Crippen molar-refractivity contribution in [2.24, 2.45) is 5.92 Å². The number of hydrogen-bond donors (Lipinski definition) is 2. The zero-order chi connectivity index (χ0) is 13.1. The van der Waals surface area contributed by atoms with Gasteiger partial charge >= 0.3 is 5.97 Å². The molecule has 0 fully saturated rings. The quantitative estimate of drug-likeness (QED) is 0.863. The van der Waals surface area contributed by atoms with E-state index in [0.29, 0.717) is 0 Å². The molecule has 2 aromatic rings. The van der Waals surface area contributed by atoms with Crippen molar-refractivity contribution in [3.05, 3.63) is 30.7 Å². The number of nitrogens with zero attached hydrogens (tertiary/aromatic N) is 2. The van der Waals surface area contributed by atoms with Gasteiger partial charge in [0.05, 0.1) is 5.52 Å². The van der Waals surface area contributed by atoms with Gasteiger partial charge in [0.25, 0.3) is 0 Å².